The number of hydrogen-bond acceptors (Lipinski definition) is 14. The molecule has 0 saturated heterocycles. The predicted octanol–water partition coefficient (Wildman–Crippen LogP) is 6.94. The minimum absolute atomic E-state index is 0.0501. The van der Waals surface area contributed by atoms with Crippen LogP contribution in [0.2, 0.25) is 0 Å². The van der Waals surface area contributed by atoms with Crippen LogP contribution in [-0.4, -0.2) is 149 Å². The van der Waals surface area contributed by atoms with E-state index in [0.717, 1.165) is 0 Å². The summed E-state index contributed by atoms with van der Waals surface area (Å²) < 4.78 is 36.4. The van der Waals surface area contributed by atoms with Crippen molar-refractivity contribution in [2.24, 2.45) is 0 Å². The van der Waals surface area contributed by atoms with Crippen molar-refractivity contribution in [1.29, 1.82) is 0 Å². The van der Waals surface area contributed by atoms with Gasteiger partial charge < -0.3 is 71.0 Å². The molecule has 8 amide bonds. The minimum atomic E-state index is -0.472. The Bertz CT molecular complexity index is 2980. The van der Waals surface area contributed by atoms with Gasteiger partial charge in [0.15, 0.2) is 0 Å². The van der Waals surface area contributed by atoms with Crippen LogP contribution >= 0.6 is 0 Å². The number of carbonyl (C=O) groups excluding carboxylic acids is 8. The lowest BCUT2D eigenvalue weighted by atomic mass is 9.89. The minimum Gasteiger partial charge on any atom is -0.495 e. The standard InChI is InChI=1S/C68H86N8O14/c1-37-25-49-57(85-5)50(26-37)62(78)70-42-12-8-16-46(34-42)74-66(82)54-30-40(4)32-56-60(54)90-24-22-88-20-19-87-21-23-89-59-53(65(81)73-45-15-7-11-41(33-45)69-61(49)77)29-39(3)31-55(59)67(83)75-47-17-9-13-43(35-47)71-63(79)51-27-38(2)28-52(58(51)86-6)64(80)72-44-14-10-18-48(36-44)76-68(56)84/h25-32,41-48H,7-24,33-36H2,1-6H3,(H,69,77)(H,70,78)(H,71,79)(H,72,80)(H,73,81)(H,74,82)(H,75,83)(H,76,84). The van der Waals surface area contributed by atoms with E-state index in [2.05, 4.69) is 42.5 Å². The third-order valence-electron chi connectivity index (χ3n) is 18.0. The summed E-state index contributed by atoms with van der Waals surface area (Å²) in [6, 6.07) is 10.5. The second-order valence-corrected chi connectivity index (χ2v) is 25.1. The number of nitrogens with one attached hydrogen (secondary N) is 8. The number of fused-ring (bicyclic) bond motifs is 21. The Kier molecular flexibility index (Phi) is 21.3. The molecule has 4 aromatic rings. The van der Waals surface area contributed by atoms with Crippen molar-refractivity contribution in [2.75, 3.05) is 53.9 Å². The fraction of sp³-hybridized carbons (Fsp3) is 0.529. The van der Waals surface area contributed by atoms with Crippen LogP contribution in [0.15, 0.2) is 48.5 Å². The largest absolute Gasteiger partial charge is 0.495 e. The van der Waals surface area contributed by atoms with E-state index in [1.54, 1.807) is 76.2 Å². The van der Waals surface area contributed by atoms with Crippen LogP contribution in [0.3, 0.4) is 0 Å². The fourth-order valence-electron chi connectivity index (χ4n) is 13.8. The molecule has 8 atom stereocenters. The molecule has 2 aliphatic heterocycles. The topological polar surface area (TPSA) is 288 Å². The number of hydrogen-bond donors (Lipinski definition) is 8. The Morgan fingerprint density at radius 2 is 0.489 bits per heavy atom. The van der Waals surface area contributed by atoms with Gasteiger partial charge in [0.2, 0.25) is 0 Å². The van der Waals surface area contributed by atoms with Gasteiger partial charge in [-0.2, -0.15) is 0 Å². The molecule has 90 heavy (non-hydrogen) atoms. The highest BCUT2D eigenvalue weighted by atomic mass is 16.6. The summed E-state index contributed by atoms with van der Waals surface area (Å²) in [7, 11) is 2.83. The Hall–Kier alpha value is -8.24. The van der Waals surface area contributed by atoms with E-state index in [9.17, 15) is 38.4 Å². The molecule has 8 unspecified atom stereocenters. The van der Waals surface area contributed by atoms with Crippen molar-refractivity contribution >= 4 is 47.3 Å². The number of amides is 8. The molecule has 22 nitrogen and oxygen atoms in total. The predicted molar refractivity (Wildman–Crippen MR) is 334 cm³/mol. The maximum absolute atomic E-state index is 14.7. The average molecular weight is 1240 g/mol. The van der Waals surface area contributed by atoms with Crippen LogP contribution in [0.5, 0.6) is 23.0 Å². The normalized spacial score (nSPS) is 25.4. The highest BCUT2D eigenvalue weighted by Crippen LogP contribution is 2.34. The summed E-state index contributed by atoms with van der Waals surface area (Å²) in [5.41, 5.74) is 3.85. The van der Waals surface area contributed by atoms with Crippen LogP contribution < -0.4 is 61.5 Å². The first-order chi connectivity index (χ1) is 43.4. The molecule has 8 N–H and O–H groups in total. The Balaban J connectivity index is 1.00. The van der Waals surface area contributed by atoms with Crippen LogP contribution in [0, 0.1) is 27.7 Å². The summed E-state index contributed by atoms with van der Waals surface area (Å²) in [6.45, 7) is 7.49. The third-order valence-corrected chi connectivity index (χ3v) is 18.0. The maximum atomic E-state index is 14.7. The molecular weight excluding hydrogens is 1150 g/mol. The van der Waals surface area contributed by atoms with E-state index in [1.165, 1.54) is 14.2 Å². The van der Waals surface area contributed by atoms with Crippen LogP contribution in [0.25, 0.3) is 0 Å². The molecule has 0 radical (unpaired) electrons. The SMILES string of the molecule is COc1c2cc(C)cc1C(=O)NC1CCCC(C1)NC(=O)c1cc(C)cc3c1OCCOCCOCCOc1c(cc(C)cc1C(=O)NC1CCCC(C1)NC(=O)c1cc(C)cc(c1OC)C(=O)NC1CCCC(C1)NC3=O)C(=O)NC1CCCC(C1)NC2=O. The van der Waals surface area contributed by atoms with Gasteiger partial charge >= 0.3 is 0 Å². The zero-order valence-electron chi connectivity index (χ0n) is 52.5. The monoisotopic (exact) mass is 1240 g/mol. The molecule has 0 spiro atoms. The average Bonchev–Trinajstić information content (AvgIpc) is 1.00. The van der Waals surface area contributed by atoms with E-state index in [4.69, 9.17) is 28.4 Å². The van der Waals surface area contributed by atoms with Crippen LogP contribution in [-0.2, 0) is 9.47 Å². The van der Waals surface area contributed by atoms with Crippen molar-refractivity contribution in [1.82, 2.24) is 42.5 Å². The molecule has 14 bridgehead atoms. The smallest absolute Gasteiger partial charge is 0.255 e. The number of carbonyl (C=O) groups is 8. The van der Waals surface area contributed by atoms with E-state index in [0.29, 0.717) is 125 Å². The van der Waals surface area contributed by atoms with Gasteiger partial charge in [0.1, 0.15) is 36.2 Å². The van der Waals surface area contributed by atoms with Crippen LogP contribution in [0.1, 0.15) is 208 Å². The fourth-order valence-corrected chi connectivity index (χ4v) is 13.8. The van der Waals surface area contributed by atoms with Gasteiger partial charge in [-0.3, -0.25) is 38.4 Å². The molecule has 2 heterocycles. The van der Waals surface area contributed by atoms with Gasteiger partial charge in [-0.05, 0) is 201 Å². The zero-order chi connectivity index (χ0) is 63.6. The summed E-state index contributed by atoms with van der Waals surface area (Å²) in [6.07, 6.45) is 9.32. The molecule has 482 valence electrons. The molecule has 6 aliphatic rings. The lowest BCUT2D eigenvalue weighted by Gasteiger charge is -2.32. The van der Waals surface area contributed by atoms with Crippen molar-refractivity contribution in [3.8, 4) is 23.0 Å². The molecule has 0 aromatic heterocycles. The van der Waals surface area contributed by atoms with Gasteiger partial charge in [0, 0.05) is 48.3 Å². The first-order valence-electron chi connectivity index (χ1n) is 32.0. The van der Waals surface area contributed by atoms with E-state index >= 15 is 0 Å². The van der Waals surface area contributed by atoms with Crippen molar-refractivity contribution in [3.05, 3.63) is 115 Å². The molecule has 4 aromatic carbocycles. The maximum Gasteiger partial charge on any atom is 0.255 e. The summed E-state index contributed by atoms with van der Waals surface area (Å²) in [5.74, 6) is -3.31. The van der Waals surface area contributed by atoms with Gasteiger partial charge in [0.05, 0.1) is 85.2 Å². The Morgan fingerprint density at radius 1 is 0.300 bits per heavy atom. The molecule has 22 heteroatoms. The van der Waals surface area contributed by atoms with Crippen molar-refractivity contribution < 1.29 is 66.8 Å². The lowest BCUT2D eigenvalue weighted by molar-refractivity contribution is 0.0269. The highest BCUT2D eigenvalue weighted by molar-refractivity contribution is 6.08. The third kappa shape index (κ3) is 15.8. The van der Waals surface area contributed by atoms with Crippen molar-refractivity contribution in [3.63, 3.8) is 0 Å². The lowest BCUT2D eigenvalue weighted by Crippen LogP contribution is -2.47. The zero-order valence-corrected chi connectivity index (χ0v) is 52.5. The summed E-state index contributed by atoms with van der Waals surface area (Å²) in [4.78, 5) is 116. The Labute approximate surface area is 525 Å². The Morgan fingerprint density at radius 3 is 0.700 bits per heavy atom. The number of methoxy groups -OCH3 is 2. The van der Waals surface area contributed by atoms with Crippen LogP contribution in [0.4, 0.5) is 0 Å². The second-order valence-electron chi connectivity index (χ2n) is 25.1. The number of rotatable bonds is 2. The van der Waals surface area contributed by atoms with E-state index in [-0.39, 0.29) is 155 Å². The van der Waals surface area contributed by atoms with E-state index < -0.39 is 47.3 Å². The second kappa shape index (κ2) is 29.6. The first-order valence-corrected chi connectivity index (χ1v) is 32.0. The highest BCUT2D eigenvalue weighted by Gasteiger charge is 2.35. The van der Waals surface area contributed by atoms with E-state index in [1.807, 2.05) is 0 Å². The van der Waals surface area contributed by atoms with Gasteiger partial charge in [-0.15, -0.1) is 0 Å². The van der Waals surface area contributed by atoms with Gasteiger partial charge in [-0.1, -0.05) is 0 Å². The van der Waals surface area contributed by atoms with Crippen molar-refractivity contribution in [2.45, 2.75) is 179 Å². The molecule has 10 rings (SSSR count). The molecule has 4 fully saturated rings. The van der Waals surface area contributed by atoms with Gasteiger partial charge in [-0.25, -0.2) is 0 Å². The van der Waals surface area contributed by atoms with Gasteiger partial charge in [0.25, 0.3) is 47.3 Å². The first kappa shape index (κ1) is 64.7. The summed E-state index contributed by atoms with van der Waals surface area (Å²) in [5, 5.41) is 25.4. The number of ether oxygens (including phenoxy) is 6. The summed E-state index contributed by atoms with van der Waals surface area (Å²) >= 11 is 0. The molecular formula is C68H86N8O14. The number of aryl methyl sites for hydroxylation is 4. The number of benzene rings is 4. The quantitative estimate of drug-likeness (QED) is 0.0944. The molecule has 4 saturated carbocycles. The molecule has 4 aliphatic carbocycles.